The molecule has 0 atom stereocenters. The van der Waals surface area contributed by atoms with E-state index in [0.717, 1.165) is 4.57 Å². The Morgan fingerprint density at radius 2 is 1.74 bits per heavy atom. The minimum atomic E-state index is -0.495. The van der Waals surface area contributed by atoms with E-state index in [0.29, 0.717) is 22.2 Å². The second-order valence-corrected chi connectivity index (χ2v) is 4.37. The highest BCUT2D eigenvalue weighted by atomic mass is 16.2. The van der Waals surface area contributed by atoms with Crippen molar-refractivity contribution in [3.05, 3.63) is 49.1 Å². The Kier molecular flexibility index (Phi) is 2.19. The van der Waals surface area contributed by atoms with Crippen molar-refractivity contribution in [1.82, 2.24) is 19.5 Å². The molecule has 0 fully saturated rings. The first-order valence-electron chi connectivity index (χ1n) is 5.61. The van der Waals surface area contributed by atoms with E-state index in [-0.39, 0.29) is 5.39 Å². The first-order chi connectivity index (χ1) is 8.97. The van der Waals surface area contributed by atoms with Crippen LogP contribution in [0.4, 0.5) is 0 Å². The van der Waals surface area contributed by atoms with E-state index in [2.05, 4.69) is 15.0 Å². The predicted octanol–water partition coefficient (Wildman–Crippen LogP) is -0.228. The molecule has 3 rings (SSSR count). The number of nitrogens with one attached hydrogen (secondary N) is 2. The molecule has 2 N–H and O–H groups in total. The SMILES string of the molecule is Cc1nc(=O)c2cc3c(=O)n(C)c(=O)[nH]c3cc2[nH]1. The van der Waals surface area contributed by atoms with Gasteiger partial charge in [0.05, 0.1) is 21.8 Å². The lowest BCUT2D eigenvalue weighted by atomic mass is 10.1. The minimum absolute atomic E-state index is 0.283. The summed E-state index contributed by atoms with van der Waals surface area (Å²) in [6, 6.07) is 3.03. The third-order valence-electron chi connectivity index (χ3n) is 3.05. The Hall–Kier alpha value is -2.70. The summed E-state index contributed by atoms with van der Waals surface area (Å²) in [7, 11) is 1.38. The first-order valence-corrected chi connectivity index (χ1v) is 5.61. The number of fused-ring (bicyclic) bond motifs is 2. The molecule has 0 saturated heterocycles. The summed E-state index contributed by atoms with van der Waals surface area (Å²) in [5.41, 5.74) is -0.414. The molecular formula is C12H10N4O3. The van der Waals surface area contributed by atoms with E-state index < -0.39 is 16.8 Å². The van der Waals surface area contributed by atoms with Gasteiger partial charge < -0.3 is 9.97 Å². The van der Waals surface area contributed by atoms with Crippen LogP contribution in [0, 0.1) is 6.92 Å². The Bertz CT molecular complexity index is 994. The number of hydrogen-bond acceptors (Lipinski definition) is 4. The Morgan fingerprint density at radius 3 is 2.47 bits per heavy atom. The molecule has 0 bridgehead atoms. The Morgan fingerprint density at radius 1 is 1.05 bits per heavy atom. The van der Waals surface area contributed by atoms with E-state index in [1.54, 1.807) is 13.0 Å². The first kappa shape index (κ1) is 11.4. The summed E-state index contributed by atoms with van der Waals surface area (Å²) in [6.07, 6.45) is 0. The summed E-state index contributed by atoms with van der Waals surface area (Å²) >= 11 is 0. The third kappa shape index (κ3) is 1.59. The largest absolute Gasteiger partial charge is 0.343 e. The highest BCUT2D eigenvalue weighted by Gasteiger charge is 2.09. The van der Waals surface area contributed by atoms with E-state index in [1.165, 1.54) is 13.1 Å². The van der Waals surface area contributed by atoms with Crippen molar-refractivity contribution in [2.75, 3.05) is 0 Å². The number of aromatic nitrogens is 4. The Labute approximate surface area is 105 Å². The Balaban J connectivity index is 2.64. The molecule has 7 nitrogen and oxygen atoms in total. The molecule has 2 heterocycles. The van der Waals surface area contributed by atoms with Crippen molar-refractivity contribution >= 4 is 21.8 Å². The predicted molar refractivity (Wildman–Crippen MR) is 70.5 cm³/mol. The highest BCUT2D eigenvalue weighted by Crippen LogP contribution is 2.13. The van der Waals surface area contributed by atoms with Gasteiger partial charge in [0.25, 0.3) is 11.1 Å². The van der Waals surface area contributed by atoms with Crippen LogP contribution in [0.15, 0.2) is 26.5 Å². The third-order valence-corrected chi connectivity index (χ3v) is 3.05. The fourth-order valence-electron chi connectivity index (χ4n) is 2.07. The van der Waals surface area contributed by atoms with Gasteiger partial charge in [-0.2, -0.15) is 4.98 Å². The molecule has 0 radical (unpaired) electrons. The van der Waals surface area contributed by atoms with Gasteiger partial charge in [-0.25, -0.2) is 4.79 Å². The lowest BCUT2D eigenvalue weighted by Crippen LogP contribution is -2.32. The van der Waals surface area contributed by atoms with Crippen LogP contribution in [0.25, 0.3) is 21.8 Å². The maximum atomic E-state index is 12.0. The lowest BCUT2D eigenvalue weighted by molar-refractivity contribution is 0.794. The second kappa shape index (κ2) is 3.64. The summed E-state index contributed by atoms with van der Waals surface area (Å²) in [5, 5.41) is 0.605. The average molecular weight is 258 g/mol. The zero-order valence-corrected chi connectivity index (χ0v) is 10.3. The fourth-order valence-corrected chi connectivity index (χ4v) is 2.07. The second-order valence-electron chi connectivity index (χ2n) is 4.37. The smallest absolute Gasteiger partial charge is 0.328 e. The quantitative estimate of drug-likeness (QED) is 0.544. The maximum absolute atomic E-state index is 12.0. The normalized spacial score (nSPS) is 11.3. The van der Waals surface area contributed by atoms with Crippen molar-refractivity contribution in [3.63, 3.8) is 0 Å². The van der Waals surface area contributed by atoms with Crippen molar-refractivity contribution < 1.29 is 0 Å². The zero-order valence-electron chi connectivity index (χ0n) is 10.3. The molecule has 1 aromatic carbocycles. The van der Waals surface area contributed by atoms with Crippen LogP contribution >= 0.6 is 0 Å². The molecule has 2 aromatic heterocycles. The minimum Gasteiger partial charge on any atom is -0.343 e. The van der Waals surface area contributed by atoms with Gasteiger partial charge in [0.1, 0.15) is 5.82 Å². The molecule has 7 heteroatoms. The molecular weight excluding hydrogens is 248 g/mol. The lowest BCUT2D eigenvalue weighted by Gasteiger charge is -2.03. The molecule has 0 saturated carbocycles. The molecule has 0 aliphatic heterocycles. The maximum Gasteiger partial charge on any atom is 0.328 e. The standard InChI is InChI=1S/C12H10N4O3/c1-5-13-8-4-9-7(3-6(8)10(17)14-5)11(18)16(2)12(19)15-9/h3-4H,1-2H3,(H,15,19)(H,13,14,17). The molecule has 3 aromatic rings. The topological polar surface area (TPSA) is 101 Å². The van der Waals surface area contributed by atoms with Crippen molar-refractivity contribution in [1.29, 1.82) is 0 Å². The fraction of sp³-hybridized carbons (Fsp3) is 0.167. The van der Waals surface area contributed by atoms with Crippen LogP contribution in [-0.4, -0.2) is 19.5 Å². The molecule has 96 valence electrons. The summed E-state index contributed by atoms with van der Waals surface area (Å²) in [4.78, 5) is 44.6. The zero-order chi connectivity index (χ0) is 13.7. The van der Waals surface area contributed by atoms with Crippen LogP contribution in [0.3, 0.4) is 0 Å². The number of benzene rings is 1. The molecule has 0 spiro atoms. The monoisotopic (exact) mass is 258 g/mol. The van der Waals surface area contributed by atoms with Crippen molar-refractivity contribution in [2.45, 2.75) is 6.92 Å². The van der Waals surface area contributed by atoms with E-state index in [4.69, 9.17) is 0 Å². The molecule has 0 aliphatic rings. The van der Waals surface area contributed by atoms with E-state index in [1.807, 2.05) is 0 Å². The van der Waals surface area contributed by atoms with Crippen LogP contribution in [0.1, 0.15) is 5.82 Å². The number of nitrogens with zero attached hydrogens (tertiary/aromatic N) is 2. The van der Waals surface area contributed by atoms with Crippen molar-refractivity contribution in [3.8, 4) is 0 Å². The van der Waals surface area contributed by atoms with Crippen LogP contribution in [-0.2, 0) is 7.05 Å². The van der Waals surface area contributed by atoms with Gasteiger partial charge in [0.15, 0.2) is 0 Å². The molecule has 19 heavy (non-hydrogen) atoms. The van der Waals surface area contributed by atoms with Gasteiger partial charge in [-0.1, -0.05) is 0 Å². The molecule has 0 unspecified atom stereocenters. The highest BCUT2D eigenvalue weighted by molar-refractivity contribution is 5.93. The van der Waals surface area contributed by atoms with Crippen LogP contribution in [0.5, 0.6) is 0 Å². The van der Waals surface area contributed by atoms with Crippen LogP contribution in [0.2, 0.25) is 0 Å². The van der Waals surface area contributed by atoms with E-state index in [9.17, 15) is 14.4 Å². The summed E-state index contributed by atoms with van der Waals surface area (Å²) in [5.74, 6) is 0.475. The number of rotatable bonds is 0. The molecule has 0 amide bonds. The number of hydrogen-bond donors (Lipinski definition) is 2. The van der Waals surface area contributed by atoms with Gasteiger partial charge in [-0.05, 0) is 19.1 Å². The molecule has 0 aliphatic carbocycles. The number of H-pyrrole nitrogens is 2. The van der Waals surface area contributed by atoms with Gasteiger partial charge in [-0.3, -0.25) is 14.2 Å². The van der Waals surface area contributed by atoms with Gasteiger partial charge in [0, 0.05) is 7.05 Å². The summed E-state index contributed by atoms with van der Waals surface area (Å²) < 4.78 is 0.962. The van der Waals surface area contributed by atoms with Crippen LogP contribution < -0.4 is 16.8 Å². The van der Waals surface area contributed by atoms with E-state index >= 15 is 0 Å². The van der Waals surface area contributed by atoms with Gasteiger partial charge in [0.2, 0.25) is 0 Å². The van der Waals surface area contributed by atoms with Crippen molar-refractivity contribution in [2.24, 2.45) is 7.05 Å². The van der Waals surface area contributed by atoms with Gasteiger partial charge >= 0.3 is 5.69 Å². The summed E-state index contributed by atoms with van der Waals surface area (Å²) in [6.45, 7) is 1.66. The number of aryl methyl sites for hydroxylation is 1. The van der Waals surface area contributed by atoms with Gasteiger partial charge in [-0.15, -0.1) is 0 Å². The number of aromatic amines is 2. The average Bonchev–Trinajstić information content (AvgIpc) is 2.34.